The molecule has 0 spiro atoms. The Labute approximate surface area is 102 Å². The molecule has 0 radical (unpaired) electrons. The summed E-state index contributed by atoms with van der Waals surface area (Å²) in [4.78, 5) is 11.6. The van der Waals surface area contributed by atoms with Gasteiger partial charge in [-0.3, -0.25) is 4.79 Å². The molecule has 0 fully saturated rings. The number of nitrogens with one attached hydrogen (secondary N) is 1. The number of carbonyl (C=O) groups is 1. The first-order valence-corrected chi connectivity index (χ1v) is 5.68. The van der Waals surface area contributed by atoms with Gasteiger partial charge in [0.15, 0.2) is 6.10 Å². The highest BCUT2D eigenvalue weighted by Gasteiger charge is 2.14. The number of hydrogen-bond donors (Lipinski definition) is 2. The average Bonchev–Trinajstić information content (AvgIpc) is 2.25. The highest BCUT2D eigenvalue weighted by atomic mass is 16.5. The first-order valence-electron chi connectivity index (χ1n) is 5.68. The fourth-order valence-electron chi connectivity index (χ4n) is 1.34. The van der Waals surface area contributed by atoms with E-state index in [1.807, 2.05) is 31.2 Å². The quantitative estimate of drug-likeness (QED) is 0.810. The molecular weight excluding hydrogens is 218 g/mol. The van der Waals surface area contributed by atoms with E-state index in [4.69, 9.17) is 9.84 Å². The van der Waals surface area contributed by atoms with Crippen molar-refractivity contribution >= 4 is 5.91 Å². The summed E-state index contributed by atoms with van der Waals surface area (Å²) in [6.07, 6.45) is -1.12. The SMILES string of the molecule is Cc1cccc(OC(C)C(=O)NC[C@@H](C)O)c1. The van der Waals surface area contributed by atoms with Gasteiger partial charge >= 0.3 is 0 Å². The summed E-state index contributed by atoms with van der Waals surface area (Å²) in [6, 6.07) is 7.53. The third-order valence-electron chi connectivity index (χ3n) is 2.24. The number of aliphatic hydroxyl groups excluding tert-OH is 1. The molecule has 0 bridgehead atoms. The summed E-state index contributed by atoms with van der Waals surface area (Å²) in [5.74, 6) is 0.442. The van der Waals surface area contributed by atoms with Crippen LogP contribution < -0.4 is 10.1 Å². The molecule has 2 atom stereocenters. The average molecular weight is 237 g/mol. The molecule has 1 unspecified atom stereocenters. The fourth-order valence-corrected chi connectivity index (χ4v) is 1.34. The van der Waals surface area contributed by atoms with Gasteiger partial charge in [-0.15, -0.1) is 0 Å². The molecule has 0 aromatic heterocycles. The topological polar surface area (TPSA) is 58.6 Å². The molecule has 17 heavy (non-hydrogen) atoms. The Hall–Kier alpha value is -1.55. The second kappa shape index (κ2) is 6.25. The Morgan fingerprint density at radius 3 is 2.76 bits per heavy atom. The molecule has 0 saturated carbocycles. The van der Waals surface area contributed by atoms with Crippen LogP contribution in [0.4, 0.5) is 0 Å². The molecule has 4 heteroatoms. The Kier molecular flexibility index (Phi) is 4.97. The smallest absolute Gasteiger partial charge is 0.260 e. The molecular formula is C13H19NO3. The number of aliphatic hydroxyl groups is 1. The number of carbonyl (C=O) groups excluding carboxylic acids is 1. The van der Waals surface area contributed by atoms with Crippen molar-refractivity contribution in [3.63, 3.8) is 0 Å². The highest BCUT2D eigenvalue weighted by Crippen LogP contribution is 2.14. The molecule has 1 amide bonds. The van der Waals surface area contributed by atoms with Gasteiger partial charge in [-0.1, -0.05) is 12.1 Å². The predicted octanol–water partition coefficient (Wildman–Crippen LogP) is 1.26. The maximum Gasteiger partial charge on any atom is 0.260 e. The number of amides is 1. The molecule has 1 rings (SSSR count). The summed E-state index contributed by atoms with van der Waals surface area (Å²) in [7, 11) is 0. The standard InChI is InChI=1S/C13H19NO3/c1-9-5-4-6-12(7-9)17-11(3)13(16)14-8-10(2)15/h4-7,10-11,15H,8H2,1-3H3,(H,14,16)/t10-,11?/m1/s1. The second-order valence-electron chi connectivity index (χ2n) is 4.17. The van der Waals surface area contributed by atoms with Gasteiger partial charge in [-0.2, -0.15) is 0 Å². The molecule has 0 aliphatic rings. The largest absolute Gasteiger partial charge is 0.481 e. The molecule has 0 aliphatic heterocycles. The van der Waals surface area contributed by atoms with Crippen molar-refractivity contribution in [1.29, 1.82) is 0 Å². The normalized spacial score (nSPS) is 13.9. The van der Waals surface area contributed by atoms with E-state index in [1.54, 1.807) is 13.8 Å². The predicted molar refractivity (Wildman–Crippen MR) is 66.0 cm³/mol. The number of benzene rings is 1. The molecule has 1 aromatic rings. The third-order valence-corrected chi connectivity index (χ3v) is 2.24. The van der Waals surface area contributed by atoms with Crippen LogP contribution in [0.1, 0.15) is 19.4 Å². The Balaban J connectivity index is 2.48. The fraction of sp³-hybridized carbons (Fsp3) is 0.462. The molecule has 94 valence electrons. The lowest BCUT2D eigenvalue weighted by atomic mass is 10.2. The van der Waals surface area contributed by atoms with Crippen LogP contribution in [0.5, 0.6) is 5.75 Å². The summed E-state index contributed by atoms with van der Waals surface area (Å²) < 4.78 is 5.50. The number of hydrogen-bond acceptors (Lipinski definition) is 3. The first-order chi connectivity index (χ1) is 7.99. The second-order valence-corrected chi connectivity index (χ2v) is 4.17. The van der Waals surface area contributed by atoms with Crippen molar-refractivity contribution in [2.45, 2.75) is 33.0 Å². The highest BCUT2D eigenvalue weighted by molar-refractivity contribution is 5.80. The zero-order valence-electron chi connectivity index (χ0n) is 10.4. The maximum absolute atomic E-state index is 11.6. The Morgan fingerprint density at radius 1 is 1.47 bits per heavy atom. The first kappa shape index (κ1) is 13.5. The summed E-state index contributed by atoms with van der Waals surface area (Å²) in [5.41, 5.74) is 1.08. The van der Waals surface area contributed by atoms with Crippen molar-refractivity contribution in [3.05, 3.63) is 29.8 Å². The van der Waals surface area contributed by atoms with Gasteiger partial charge in [0.2, 0.25) is 0 Å². The van der Waals surface area contributed by atoms with E-state index in [-0.39, 0.29) is 12.5 Å². The van der Waals surface area contributed by atoms with E-state index in [2.05, 4.69) is 5.32 Å². The van der Waals surface area contributed by atoms with Gasteiger partial charge in [0.05, 0.1) is 6.10 Å². The number of rotatable bonds is 5. The Morgan fingerprint density at radius 2 is 2.18 bits per heavy atom. The van der Waals surface area contributed by atoms with Gasteiger partial charge < -0.3 is 15.2 Å². The van der Waals surface area contributed by atoms with Crippen molar-refractivity contribution in [2.24, 2.45) is 0 Å². The van der Waals surface area contributed by atoms with Crippen LogP contribution >= 0.6 is 0 Å². The van der Waals surface area contributed by atoms with Gasteiger partial charge in [0.1, 0.15) is 5.75 Å². The summed E-state index contributed by atoms with van der Waals surface area (Å²) >= 11 is 0. The minimum absolute atomic E-state index is 0.229. The molecule has 1 aromatic carbocycles. The van der Waals surface area contributed by atoms with Crippen LogP contribution in [-0.2, 0) is 4.79 Å². The zero-order chi connectivity index (χ0) is 12.8. The molecule has 0 aliphatic carbocycles. The molecule has 2 N–H and O–H groups in total. The third kappa shape index (κ3) is 4.87. The summed E-state index contributed by atoms with van der Waals surface area (Å²) in [5, 5.41) is 11.7. The monoisotopic (exact) mass is 237 g/mol. The van der Waals surface area contributed by atoms with Gasteiger partial charge in [0, 0.05) is 6.54 Å². The molecule has 4 nitrogen and oxygen atoms in total. The zero-order valence-corrected chi connectivity index (χ0v) is 10.4. The van der Waals surface area contributed by atoms with Gasteiger partial charge in [-0.05, 0) is 38.5 Å². The van der Waals surface area contributed by atoms with Crippen LogP contribution in [-0.4, -0.2) is 29.8 Å². The minimum Gasteiger partial charge on any atom is -0.481 e. The lowest BCUT2D eigenvalue weighted by molar-refractivity contribution is -0.127. The van der Waals surface area contributed by atoms with Crippen molar-refractivity contribution in [1.82, 2.24) is 5.32 Å². The van der Waals surface area contributed by atoms with Crippen molar-refractivity contribution in [2.75, 3.05) is 6.54 Å². The van der Waals surface area contributed by atoms with E-state index in [0.29, 0.717) is 5.75 Å². The summed E-state index contributed by atoms with van der Waals surface area (Å²) in [6.45, 7) is 5.50. The van der Waals surface area contributed by atoms with Crippen LogP contribution in [0, 0.1) is 6.92 Å². The van der Waals surface area contributed by atoms with Crippen molar-refractivity contribution in [3.8, 4) is 5.75 Å². The van der Waals surface area contributed by atoms with Crippen LogP contribution in [0.3, 0.4) is 0 Å². The van der Waals surface area contributed by atoms with Gasteiger partial charge in [0.25, 0.3) is 5.91 Å². The number of ether oxygens (including phenoxy) is 1. The molecule has 0 heterocycles. The maximum atomic E-state index is 11.6. The van der Waals surface area contributed by atoms with E-state index < -0.39 is 12.2 Å². The van der Waals surface area contributed by atoms with E-state index in [0.717, 1.165) is 5.56 Å². The number of aryl methyl sites for hydroxylation is 1. The van der Waals surface area contributed by atoms with E-state index in [9.17, 15) is 4.79 Å². The van der Waals surface area contributed by atoms with Gasteiger partial charge in [-0.25, -0.2) is 0 Å². The van der Waals surface area contributed by atoms with Crippen LogP contribution in [0.2, 0.25) is 0 Å². The van der Waals surface area contributed by atoms with Crippen molar-refractivity contribution < 1.29 is 14.6 Å². The van der Waals surface area contributed by atoms with E-state index in [1.165, 1.54) is 0 Å². The lowest BCUT2D eigenvalue weighted by Crippen LogP contribution is -2.39. The lowest BCUT2D eigenvalue weighted by Gasteiger charge is -2.15. The van der Waals surface area contributed by atoms with E-state index >= 15 is 0 Å². The van der Waals surface area contributed by atoms with Crippen LogP contribution in [0.15, 0.2) is 24.3 Å². The van der Waals surface area contributed by atoms with Crippen LogP contribution in [0.25, 0.3) is 0 Å². The molecule has 0 saturated heterocycles. The minimum atomic E-state index is -0.574. The Bertz CT molecular complexity index is 377.